The second-order valence-electron chi connectivity index (χ2n) is 12.6. The fraction of sp³-hybridized carbons (Fsp3) is 0.136. The van der Waals surface area contributed by atoms with Gasteiger partial charge in [0.05, 0.1) is 0 Å². The van der Waals surface area contributed by atoms with E-state index in [1.165, 1.54) is 77.2 Å². The standard InChI is InChI=1S/C44H38/c1-29(2)31-15-19-33(20-16-31)37-23-39-27-44-40(28-43(39)41(25-37)35-11-7-5-8-12-35)24-38(26-42(44)36-13-9-6-10-14-36)34-21-17-32(18-22-34)30(3)4/h5-30H,1-4H3. The van der Waals surface area contributed by atoms with Crippen LogP contribution in [0.15, 0.2) is 146 Å². The molecule has 0 unspecified atom stereocenters. The summed E-state index contributed by atoms with van der Waals surface area (Å²) in [5.74, 6) is 1.03. The van der Waals surface area contributed by atoms with E-state index in [9.17, 15) is 0 Å². The molecule has 7 aromatic rings. The Morgan fingerprint density at radius 3 is 1.02 bits per heavy atom. The van der Waals surface area contributed by atoms with E-state index in [1.54, 1.807) is 0 Å². The van der Waals surface area contributed by atoms with Crippen LogP contribution < -0.4 is 0 Å². The van der Waals surface area contributed by atoms with E-state index >= 15 is 0 Å². The van der Waals surface area contributed by atoms with Crippen LogP contribution in [0.25, 0.3) is 66.1 Å². The highest BCUT2D eigenvalue weighted by Gasteiger charge is 2.14. The number of benzene rings is 7. The average molecular weight is 567 g/mol. The van der Waals surface area contributed by atoms with Crippen molar-refractivity contribution < 1.29 is 0 Å². The monoisotopic (exact) mass is 566 g/mol. The van der Waals surface area contributed by atoms with E-state index in [1.807, 2.05) is 0 Å². The van der Waals surface area contributed by atoms with Crippen LogP contribution in [0.2, 0.25) is 0 Å². The molecule has 0 amide bonds. The molecule has 44 heavy (non-hydrogen) atoms. The Labute approximate surface area is 261 Å². The Morgan fingerprint density at radius 1 is 0.318 bits per heavy atom. The molecule has 0 bridgehead atoms. The summed E-state index contributed by atoms with van der Waals surface area (Å²) in [7, 11) is 0. The normalized spacial score (nSPS) is 11.6. The molecule has 0 saturated carbocycles. The van der Waals surface area contributed by atoms with Crippen molar-refractivity contribution in [3.05, 3.63) is 157 Å². The summed E-state index contributed by atoms with van der Waals surface area (Å²) < 4.78 is 0. The van der Waals surface area contributed by atoms with Gasteiger partial charge in [0.2, 0.25) is 0 Å². The minimum Gasteiger partial charge on any atom is -0.0622 e. The van der Waals surface area contributed by atoms with Crippen molar-refractivity contribution in [3.8, 4) is 44.5 Å². The predicted octanol–water partition coefficient (Wildman–Crippen LogP) is 12.9. The number of fused-ring (bicyclic) bond motifs is 2. The summed E-state index contributed by atoms with van der Waals surface area (Å²) in [5.41, 5.74) is 12.7. The van der Waals surface area contributed by atoms with E-state index in [4.69, 9.17) is 0 Å². The van der Waals surface area contributed by atoms with Gasteiger partial charge in [-0.15, -0.1) is 0 Å². The first-order valence-corrected chi connectivity index (χ1v) is 15.8. The van der Waals surface area contributed by atoms with Gasteiger partial charge in [-0.05, 0) is 125 Å². The van der Waals surface area contributed by atoms with Gasteiger partial charge in [0, 0.05) is 0 Å². The molecule has 0 radical (unpaired) electrons. The molecule has 0 aliphatic heterocycles. The van der Waals surface area contributed by atoms with Gasteiger partial charge in [-0.2, -0.15) is 0 Å². The number of hydrogen-bond donors (Lipinski definition) is 0. The van der Waals surface area contributed by atoms with Gasteiger partial charge in [0.1, 0.15) is 0 Å². The zero-order chi connectivity index (χ0) is 30.2. The van der Waals surface area contributed by atoms with E-state index in [2.05, 4.69) is 173 Å². The number of rotatable bonds is 6. The van der Waals surface area contributed by atoms with E-state index in [-0.39, 0.29) is 0 Å². The number of hydrogen-bond acceptors (Lipinski definition) is 0. The van der Waals surface area contributed by atoms with Crippen molar-refractivity contribution >= 4 is 21.5 Å². The summed E-state index contributed by atoms with van der Waals surface area (Å²) >= 11 is 0. The highest BCUT2D eigenvalue weighted by atomic mass is 14.2. The van der Waals surface area contributed by atoms with Crippen molar-refractivity contribution in [1.82, 2.24) is 0 Å². The maximum atomic E-state index is 2.41. The van der Waals surface area contributed by atoms with E-state index < -0.39 is 0 Å². The smallest absolute Gasteiger partial charge is 0.00986 e. The lowest BCUT2D eigenvalue weighted by Crippen LogP contribution is -1.91. The summed E-state index contributed by atoms with van der Waals surface area (Å²) in [6.45, 7) is 9.00. The molecule has 0 aromatic heterocycles. The van der Waals surface area contributed by atoms with Crippen LogP contribution in [-0.4, -0.2) is 0 Å². The fourth-order valence-corrected chi connectivity index (χ4v) is 6.39. The maximum Gasteiger partial charge on any atom is -0.00986 e. The van der Waals surface area contributed by atoms with E-state index in [0.29, 0.717) is 11.8 Å². The van der Waals surface area contributed by atoms with Crippen LogP contribution in [0.1, 0.15) is 50.7 Å². The van der Waals surface area contributed by atoms with Gasteiger partial charge in [0.15, 0.2) is 0 Å². The van der Waals surface area contributed by atoms with Crippen molar-refractivity contribution in [2.24, 2.45) is 0 Å². The highest BCUT2D eigenvalue weighted by Crippen LogP contribution is 2.41. The van der Waals surface area contributed by atoms with Gasteiger partial charge in [-0.3, -0.25) is 0 Å². The Bertz CT molecular complexity index is 1910. The Hall–Kier alpha value is -4.94. The minimum atomic E-state index is 0.515. The van der Waals surface area contributed by atoms with Gasteiger partial charge >= 0.3 is 0 Å². The van der Waals surface area contributed by atoms with Crippen molar-refractivity contribution in [1.29, 1.82) is 0 Å². The third kappa shape index (κ3) is 5.33. The molecule has 0 nitrogen and oxygen atoms in total. The SMILES string of the molecule is CC(C)c1ccc(-c2cc(-c3ccccc3)c3cc4cc(-c5ccc(C(C)C)cc5)cc(-c5ccccc5)c4cc3c2)cc1. The van der Waals surface area contributed by atoms with Crippen LogP contribution in [0.4, 0.5) is 0 Å². The molecule has 0 atom stereocenters. The summed E-state index contributed by atoms with van der Waals surface area (Å²) in [6, 6.07) is 54.2. The van der Waals surface area contributed by atoms with Crippen molar-refractivity contribution in [2.75, 3.05) is 0 Å². The third-order valence-corrected chi connectivity index (χ3v) is 9.01. The molecule has 7 rings (SSSR count). The zero-order valence-electron chi connectivity index (χ0n) is 26.0. The molecular weight excluding hydrogens is 528 g/mol. The third-order valence-electron chi connectivity index (χ3n) is 9.01. The Morgan fingerprint density at radius 2 is 0.682 bits per heavy atom. The summed E-state index contributed by atoms with van der Waals surface area (Å²) in [6.07, 6.45) is 0. The molecule has 214 valence electrons. The molecule has 0 heteroatoms. The fourth-order valence-electron chi connectivity index (χ4n) is 6.39. The van der Waals surface area contributed by atoms with Crippen molar-refractivity contribution in [3.63, 3.8) is 0 Å². The molecule has 0 heterocycles. The summed E-state index contributed by atoms with van der Waals surface area (Å²) in [5, 5.41) is 5.07. The molecule has 0 aliphatic carbocycles. The molecule has 0 saturated heterocycles. The van der Waals surface area contributed by atoms with Gasteiger partial charge < -0.3 is 0 Å². The Balaban J connectivity index is 1.50. The molecule has 7 aromatic carbocycles. The zero-order valence-corrected chi connectivity index (χ0v) is 26.0. The lowest BCUT2D eigenvalue weighted by Gasteiger charge is -2.16. The van der Waals surface area contributed by atoms with Crippen LogP contribution in [0.5, 0.6) is 0 Å². The van der Waals surface area contributed by atoms with E-state index in [0.717, 1.165) is 0 Å². The quantitative estimate of drug-likeness (QED) is 0.176. The molecule has 0 N–H and O–H groups in total. The predicted molar refractivity (Wildman–Crippen MR) is 191 cm³/mol. The van der Waals surface area contributed by atoms with Crippen LogP contribution in [-0.2, 0) is 0 Å². The van der Waals surface area contributed by atoms with Gasteiger partial charge in [-0.25, -0.2) is 0 Å². The largest absolute Gasteiger partial charge is 0.0622 e. The first kappa shape index (κ1) is 27.9. The second-order valence-corrected chi connectivity index (χ2v) is 12.6. The summed E-state index contributed by atoms with van der Waals surface area (Å²) in [4.78, 5) is 0. The molecule has 0 fully saturated rings. The second kappa shape index (κ2) is 11.6. The molecule has 0 spiro atoms. The average Bonchev–Trinajstić information content (AvgIpc) is 3.07. The highest BCUT2D eigenvalue weighted by molar-refractivity contribution is 6.11. The first-order valence-electron chi connectivity index (χ1n) is 15.8. The van der Waals surface area contributed by atoms with Gasteiger partial charge in [-0.1, -0.05) is 137 Å². The van der Waals surface area contributed by atoms with Gasteiger partial charge in [0.25, 0.3) is 0 Å². The molecular formula is C44H38. The van der Waals surface area contributed by atoms with Crippen LogP contribution in [0.3, 0.4) is 0 Å². The topological polar surface area (TPSA) is 0 Å². The Kier molecular flexibility index (Phi) is 7.36. The minimum absolute atomic E-state index is 0.515. The maximum absolute atomic E-state index is 2.41. The van der Waals surface area contributed by atoms with Crippen LogP contribution >= 0.6 is 0 Å². The van der Waals surface area contributed by atoms with Crippen molar-refractivity contribution in [2.45, 2.75) is 39.5 Å². The lowest BCUT2D eigenvalue weighted by atomic mass is 9.87. The molecule has 0 aliphatic rings. The first-order chi connectivity index (χ1) is 21.4. The lowest BCUT2D eigenvalue weighted by molar-refractivity contribution is 0.867. The van der Waals surface area contributed by atoms with Crippen LogP contribution in [0, 0.1) is 0 Å².